The number of hydrogen-bond donors (Lipinski definition) is 0. The molecule has 10 heteroatoms. The van der Waals surface area contributed by atoms with E-state index in [0.717, 1.165) is 6.07 Å². The molecule has 0 N–H and O–H groups in total. The molecule has 1 aromatic carbocycles. The standard InChI is InChI=1S/C13H14F3NO5S/c1-12(2,3)22-11(18)7-23(21)10-5-4-8(13(14,15)16)6-9(10)17(19)20/h4-6H,7H2,1-3H3/t23-/m0/s1. The molecule has 0 bridgehead atoms. The normalized spacial score (nSPS) is 13.5. The molecule has 128 valence electrons. The Balaban J connectivity index is 3.10. The summed E-state index contributed by atoms with van der Waals surface area (Å²) in [6.07, 6.45) is -4.77. The first-order valence-corrected chi connectivity index (χ1v) is 7.59. The highest BCUT2D eigenvalue weighted by atomic mass is 32.2. The lowest BCUT2D eigenvalue weighted by Crippen LogP contribution is -2.27. The Kier molecular flexibility index (Phi) is 5.51. The lowest BCUT2D eigenvalue weighted by atomic mass is 10.2. The van der Waals surface area contributed by atoms with E-state index in [1.165, 1.54) is 0 Å². The molecule has 1 atom stereocenters. The van der Waals surface area contributed by atoms with Crippen LogP contribution in [0.2, 0.25) is 0 Å². The van der Waals surface area contributed by atoms with Crippen molar-refractivity contribution in [2.45, 2.75) is 37.4 Å². The number of ether oxygens (including phenoxy) is 1. The van der Waals surface area contributed by atoms with Gasteiger partial charge in [0.15, 0.2) is 0 Å². The molecule has 0 heterocycles. The number of nitro groups is 1. The van der Waals surface area contributed by atoms with Gasteiger partial charge >= 0.3 is 12.1 Å². The molecule has 0 aliphatic rings. The van der Waals surface area contributed by atoms with Crippen LogP contribution in [0.15, 0.2) is 23.1 Å². The van der Waals surface area contributed by atoms with Crippen molar-refractivity contribution in [3.8, 4) is 0 Å². The van der Waals surface area contributed by atoms with Gasteiger partial charge in [-0.3, -0.25) is 19.1 Å². The fraction of sp³-hybridized carbons (Fsp3) is 0.462. The molecule has 0 unspecified atom stereocenters. The predicted molar refractivity (Wildman–Crippen MR) is 75.2 cm³/mol. The van der Waals surface area contributed by atoms with Crippen molar-refractivity contribution in [2.75, 3.05) is 5.75 Å². The Labute approximate surface area is 132 Å². The molecule has 0 saturated heterocycles. The Morgan fingerprint density at radius 2 is 1.87 bits per heavy atom. The maximum atomic E-state index is 12.6. The highest BCUT2D eigenvalue weighted by Gasteiger charge is 2.34. The number of benzene rings is 1. The van der Waals surface area contributed by atoms with Crippen LogP contribution in [0, 0.1) is 10.1 Å². The van der Waals surface area contributed by atoms with Crippen LogP contribution in [0.1, 0.15) is 26.3 Å². The Bertz CT molecular complexity index is 652. The van der Waals surface area contributed by atoms with Crippen molar-refractivity contribution < 1.29 is 31.8 Å². The summed E-state index contributed by atoms with van der Waals surface area (Å²) in [5.41, 5.74) is -3.03. The van der Waals surface area contributed by atoms with Crippen LogP contribution < -0.4 is 0 Å². The van der Waals surface area contributed by atoms with Crippen LogP contribution in [0.25, 0.3) is 0 Å². The largest absolute Gasteiger partial charge is 0.459 e. The summed E-state index contributed by atoms with van der Waals surface area (Å²) in [4.78, 5) is 21.0. The average Bonchev–Trinajstić information content (AvgIpc) is 2.34. The zero-order valence-corrected chi connectivity index (χ0v) is 13.3. The van der Waals surface area contributed by atoms with E-state index in [-0.39, 0.29) is 0 Å². The number of alkyl halides is 3. The molecular weight excluding hydrogens is 339 g/mol. The first-order valence-electron chi connectivity index (χ1n) is 6.27. The van der Waals surface area contributed by atoms with Gasteiger partial charge in [0.25, 0.3) is 5.69 Å². The Morgan fingerprint density at radius 3 is 2.30 bits per heavy atom. The first-order chi connectivity index (χ1) is 10.3. The minimum atomic E-state index is -4.77. The second-order valence-electron chi connectivity index (χ2n) is 5.51. The number of carbonyl (C=O) groups is 1. The quantitative estimate of drug-likeness (QED) is 0.472. The molecule has 0 aromatic heterocycles. The number of nitrogens with zero attached hydrogens (tertiary/aromatic N) is 1. The molecule has 6 nitrogen and oxygen atoms in total. The van der Waals surface area contributed by atoms with Gasteiger partial charge in [0.1, 0.15) is 16.2 Å². The second-order valence-corrected chi connectivity index (χ2v) is 6.93. The minimum Gasteiger partial charge on any atom is -0.459 e. The summed E-state index contributed by atoms with van der Waals surface area (Å²) in [6, 6.07) is 1.61. The molecule has 0 aliphatic heterocycles. The summed E-state index contributed by atoms with van der Waals surface area (Å²) in [7, 11) is -2.20. The third-order valence-electron chi connectivity index (χ3n) is 2.40. The predicted octanol–water partition coefficient (Wildman–Crippen LogP) is 3.06. The van der Waals surface area contributed by atoms with Crippen molar-refractivity contribution in [3.05, 3.63) is 33.9 Å². The fourth-order valence-corrected chi connectivity index (χ4v) is 2.60. The Hall–Kier alpha value is -1.97. The number of esters is 1. The summed E-state index contributed by atoms with van der Waals surface area (Å²) < 4.78 is 54.7. The van der Waals surface area contributed by atoms with E-state index in [4.69, 9.17) is 4.74 Å². The van der Waals surface area contributed by atoms with Gasteiger partial charge in [-0.15, -0.1) is 0 Å². The molecule has 23 heavy (non-hydrogen) atoms. The topological polar surface area (TPSA) is 86.5 Å². The van der Waals surface area contributed by atoms with Crippen molar-refractivity contribution in [2.24, 2.45) is 0 Å². The summed E-state index contributed by atoms with van der Waals surface area (Å²) in [5, 5.41) is 10.9. The van der Waals surface area contributed by atoms with Crippen LogP contribution in [0.4, 0.5) is 18.9 Å². The average molecular weight is 353 g/mol. The molecule has 1 aromatic rings. The number of nitro benzene ring substituents is 1. The van der Waals surface area contributed by atoms with Gasteiger partial charge in [-0.1, -0.05) is 0 Å². The van der Waals surface area contributed by atoms with Gasteiger partial charge in [-0.25, -0.2) is 0 Å². The number of carbonyl (C=O) groups excluding carboxylic acids is 1. The summed E-state index contributed by atoms with van der Waals surface area (Å²) in [5.74, 6) is -1.56. The van der Waals surface area contributed by atoms with Crippen LogP contribution in [-0.4, -0.2) is 26.5 Å². The maximum absolute atomic E-state index is 12.6. The van der Waals surface area contributed by atoms with Gasteiger partial charge < -0.3 is 4.74 Å². The fourth-order valence-electron chi connectivity index (χ4n) is 1.58. The molecule has 0 saturated carbocycles. The van der Waals surface area contributed by atoms with E-state index in [0.29, 0.717) is 12.1 Å². The van der Waals surface area contributed by atoms with E-state index >= 15 is 0 Å². The van der Waals surface area contributed by atoms with Gasteiger partial charge in [0.05, 0.1) is 21.3 Å². The van der Waals surface area contributed by atoms with Crippen LogP contribution >= 0.6 is 0 Å². The summed E-state index contributed by atoms with van der Waals surface area (Å²) in [6.45, 7) is 4.73. The maximum Gasteiger partial charge on any atom is 0.416 e. The Morgan fingerprint density at radius 1 is 1.30 bits per heavy atom. The molecular formula is C13H14F3NO5S. The summed E-state index contributed by atoms with van der Waals surface area (Å²) >= 11 is 0. The van der Waals surface area contributed by atoms with Gasteiger partial charge in [0, 0.05) is 6.07 Å². The van der Waals surface area contributed by atoms with E-state index in [2.05, 4.69) is 0 Å². The van der Waals surface area contributed by atoms with Gasteiger partial charge in [-0.2, -0.15) is 13.2 Å². The monoisotopic (exact) mass is 353 g/mol. The van der Waals surface area contributed by atoms with Crippen LogP contribution in [-0.2, 0) is 26.5 Å². The van der Waals surface area contributed by atoms with Crippen molar-refractivity contribution in [1.82, 2.24) is 0 Å². The highest BCUT2D eigenvalue weighted by Crippen LogP contribution is 2.34. The van der Waals surface area contributed by atoms with E-state index < -0.39 is 55.4 Å². The number of rotatable bonds is 4. The lowest BCUT2D eigenvalue weighted by molar-refractivity contribution is -0.388. The van der Waals surface area contributed by atoms with E-state index in [1.807, 2.05) is 0 Å². The van der Waals surface area contributed by atoms with Crippen molar-refractivity contribution in [1.29, 1.82) is 0 Å². The van der Waals surface area contributed by atoms with Crippen molar-refractivity contribution in [3.63, 3.8) is 0 Å². The molecule has 0 amide bonds. The second kappa shape index (κ2) is 6.65. The smallest absolute Gasteiger partial charge is 0.416 e. The third-order valence-corrected chi connectivity index (χ3v) is 3.73. The van der Waals surface area contributed by atoms with Crippen LogP contribution in [0.3, 0.4) is 0 Å². The highest BCUT2D eigenvalue weighted by molar-refractivity contribution is 7.85. The SMILES string of the molecule is CC(C)(C)OC(=O)C[S@](=O)c1ccc(C(F)(F)F)cc1[N+](=O)[O-]. The zero-order valence-electron chi connectivity index (χ0n) is 12.5. The van der Waals surface area contributed by atoms with Gasteiger partial charge in [0.2, 0.25) is 0 Å². The zero-order chi connectivity index (χ0) is 18.0. The van der Waals surface area contributed by atoms with Crippen LogP contribution in [0.5, 0.6) is 0 Å². The van der Waals surface area contributed by atoms with E-state index in [9.17, 15) is 32.3 Å². The molecule has 1 rings (SSSR count). The number of halogens is 3. The third kappa shape index (κ3) is 5.62. The molecule has 0 fully saturated rings. The van der Waals surface area contributed by atoms with E-state index in [1.54, 1.807) is 20.8 Å². The first kappa shape index (κ1) is 19.1. The van der Waals surface area contributed by atoms with Crippen molar-refractivity contribution >= 4 is 22.5 Å². The van der Waals surface area contributed by atoms with Gasteiger partial charge in [-0.05, 0) is 32.9 Å². The molecule has 0 radical (unpaired) electrons. The minimum absolute atomic E-state index is 0.294. The lowest BCUT2D eigenvalue weighted by Gasteiger charge is -2.19. The molecule has 0 spiro atoms. The molecule has 0 aliphatic carbocycles. The number of hydrogen-bond acceptors (Lipinski definition) is 5.